The Balaban J connectivity index is 2.80. The summed E-state index contributed by atoms with van der Waals surface area (Å²) in [5, 5.41) is -0.765. The van der Waals surface area contributed by atoms with E-state index in [4.69, 9.17) is 0 Å². The van der Waals surface area contributed by atoms with Crippen molar-refractivity contribution in [3.05, 3.63) is 28.7 Å². The van der Waals surface area contributed by atoms with Gasteiger partial charge in [0.25, 0.3) is 0 Å². The van der Waals surface area contributed by atoms with Gasteiger partial charge >= 0.3 is 11.1 Å². The third-order valence-electron chi connectivity index (χ3n) is 1.19. The van der Waals surface area contributed by atoms with E-state index in [1.54, 1.807) is 0 Å². The minimum atomic E-state index is -0.861. The van der Waals surface area contributed by atoms with Crippen molar-refractivity contribution in [1.29, 1.82) is 0 Å². The maximum absolute atomic E-state index is 10.6. The van der Waals surface area contributed by atoms with Crippen LogP contribution in [0.2, 0.25) is 0 Å². The van der Waals surface area contributed by atoms with E-state index in [1.165, 1.54) is 6.08 Å². The highest BCUT2D eigenvalue weighted by molar-refractivity contribution is 7.96. The van der Waals surface area contributed by atoms with E-state index < -0.39 is 11.1 Å². The number of carbonyl (C=O) groups excluding carboxylic acids is 1. The van der Waals surface area contributed by atoms with Gasteiger partial charge in [0.1, 0.15) is 0 Å². The second-order valence-electron chi connectivity index (χ2n) is 2.00. The lowest BCUT2D eigenvalue weighted by molar-refractivity contribution is 0.158. The fraction of sp³-hybridized carbons (Fsp3) is 0.143. The molecule has 0 spiro atoms. The van der Waals surface area contributed by atoms with Gasteiger partial charge in [0.2, 0.25) is 0 Å². The van der Waals surface area contributed by atoms with Crippen molar-refractivity contribution < 1.29 is 18.4 Å². The van der Waals surface area contributed by atoms with E-state index in [-0.39, 0.29) is 18.1 Å². The first kappa shape index (κ1) is 9.66. The van der Waals surface area contributed by atoms with Gasteiger partial charge in [-0.05, 0) is 6.08 Å². The molecule has 0 N–H and O–H groups in total. The Morgan fingerprint density at radius 2 is 2.31 bits per heavy atom. The molecule has 0 atom stereocenters. The molecular formula is C7H6O5S. The van der Waals surface area contributed by atoms with E-state index in [1.807, 2.05) is 0 Å². The Bertz CT molecular complexity index is 374. The predicted molar refractivity (Wildman–Crippen MR) is 46.5 cm³/mol. The largest absolute Gasteiger partial charge is 0.519 e. The summed E-state index contributed by atoms with van der Waals surface area (Å²) in [6.45, 7) is 3.18. The van der Waals surface area contributed by atoms with Crippen molar-refractivity contribution in [2.45, 2.75) is 6.61 Å². The molecule has 0 aliphatic carbocycles. The first-order chi connectivity index (χ1) is 6.13. The van der Waals surface area contributed by atoms with Gasteiger partial charge in [-0.25, -0.2) is 9.59 Å². The molecule has 1 aromatic heterocycles. The summed E-state index contributed by atoms with van der Waals surface area (Å²) in [4.78, 5) is 20.9. The molecule has 1 heterocycles. The van der Waals surface area contributed by atoms with Crippen LogP contribution in [0.15, 0.2) is 20.2 Å². The Kier molecular flexibility index (Phi) is 2.97. The van der Waals surface area contributed by atoms with Gasteiger partial charge in [0.15, 0.2) is 18.1 Å². The zero-order valence-electron chi connectivity index (χ0n) is 6.48. The van der Waals surface area contributed by atoms with E-state index in [9.17, 15) is 9.59 Å². The topological polar surface area (TPSA) is 69.7 Å². The average molecular weight is 202 g/mol. The number of hydrogen-bond acceptors (Lipinski definition) is 5. The molecule has 1 aromatic rings. The molecule has 0 fully saturated rings. The van der Waals surface area contributed by atoms with Crippen LogP contribution in [0.3, 0.4) is 0 Å². The number of carbonyl (C=O) groups is 1. The fourth-order valence-corrected chi connectivity index (χ4v) is 0.766. The molecule has 0 bridgehead atoms. The summed E-state index contributed by atoms with van der Waals surface area (Å²) in [7, 11) is 0. The van der Waals surface area contributed by atoms with Crippen molar-refractivity contribution in [3.8, 4) is 0 Å². The second kappa shape index (κ2) is 3.99. The molecule has 6 heteroatoms. The highest BCUT2D eigenvalue weighted by Gasteiger charge is 2.10. The van der Waals surface area contributed by atoms with E-state index in [0.29, 0.717) is 0 Å². The lowest BCUT2D eigenvalue weighted by Crippen LogP contribution is -1.95. The highest BCUT2D eigenvalue weighted by atomic mass is 32.1. The van der Waals surface area contributed by atoms with Gasteiger partial charge in [-0.3, -0.25) is 0 Å². The van der Waals surface area contributed by atoms with Crippen LogP contribution in [0, 0.1) is 0 Å². The molecule has 13 heavy (non-hydrogen) atoms. The molecule has 70 valence electrons. The third-order valence-corrected chi connectivity index (χ3v) is 1.32. The minimum Gasteiger partial charge on any atom is -0.449 e. The summed E-state index contributed by atoms with van der Waals surface area (Å²) in [6.07, 6.45) is 1.28. The smallest absolute Gasteiger partial charge is 0.449 e. The maximum Gasteiger partial charge on any atom is 0.519 e. The number of thiol groups is 1. The van der Waals surface area contributed by atoms with Gasteiger partial charge < -0.3 is 13.6 Å². The zero-order chi connectivity index (χ0) is 9.84. The molecule has 0 unspecified atom stereocenters. The second-order valence-corrected chi connectivity index (χ2v) is 2.37. The van der Waals surface area contributed by atoms with Gasteiger partial charge in [-0.2, -0.15) is 0 Å². The van der Waals surface area contributed by atoms with Crippen LogP contribution in [-0.2, 0) is 11.3 Å². The fourth-order valence-electron chi connectivity index (χ4n) is 0.702. The molecule has 0 aromatic carbocycles. The number of rotatable bonds is 3. The van der Waals surface area contributed by atoms with Gasteiger partial charge in [-0.1, -0.05) is 19.2 Å². The van der Waals surface area contributed by atoms with E-state index in [2.05, 4.69) is 32.8 Å². The molecule has 0 saturated carbocycles. The van der Waals surface area contributed by atoms with Crippen LogP contribution >= 0.6 is 12.6 Å². The Morgan fingerprint density at radius 3 is 2.85 bits per heavy atom. The standard InChI is InChI=1S/C7H6O5S/c1-2-4-5(3-10-7(9)13)12-6(8)11-4/h2H,1,3H2,(H,9,13). The third kappa shape index (κ3) is 2.51. The number of ether oxygens (including phenoxy) is 1. The lowest BCUT2D eigenvalue weighted by Gasteiger charge is -1.95. The summed E-state index contributed by atoms with van der Waals surface area (Å²) >= 11 is 3.36. The zero-order valence-corrected chi connectivity index (χ0v) is 7.37. The Morgan fingerprint density at radius 1 is 1.62 bits per heavy atom. The highest BCUT2D eigenvalue weighted by Crippen LogP contribution is 2.09. The van der Waals surface area contributed by atoms with Gasteiger partial charge in [0.05, 0.1) is 0 Å². The van der Waals surface area contributed by atoms with Crippen molar-refractivity contribution in [3.63, 3.8) is 0 Å². The van der Waals surface area contributed by atoms with Gasteiger partial charge in [0, 0.05) is 0 Å². The lowest BCUT2D eigenvalue weighted by atomic mass is 10.4. The molecule has 0 aliphatic rings. The Labute approximate surface area is 78.4 Å². The van der Waals surface area contributed by atoms with Crippen LogP contribution in [0.4, 0.5) is 4.79 Å². The van der Waals surface area contributed by atoms with E-state index in [0.717, 1.165) is 0 Å². The average Bonchev–Trinajstić information content (AvgIpc) is 2.42. The summed E-state index contributed by atoms with van der Waals surface area (Å²) < 4.78 is 13.6. The van der Waals surface area contributed by atoms with Crippen LogP contribution in [0.5, 0.6) is 0 Å². The predicted octanol–water partition coefficient (Wildman–Crippen LogP) is 1.44. The maximum atomic E-state index is 10.6. The van der Waals surface area contributed by atoms with Crippen molar-refractivity contribution in [2.24, 2.45) is 0 Å². The van der Waals surface area contributed by atoms with Crippen molar-refractivity contribution in [1.82, 2.24) is 0 Å². The molecule has 0 amide bonds. The van der Waals surface area contributed by atoms with Crippen LogP contribution in [0.25, 0.3) is 6.08 Å². The molecule has 0 saturated heterocycles. The van der Waals surface area contributed by atoms with Crippen LogP contribution in [-0.4, -0.2) is 5.30 Å². The molecule has 0 radical (unpaired) electrons. The Hall–Kier alpha value is -1.43. The molecule has 5 nitrogen and oxygen atoms in total. The van der Waals surface area contributed by atoms with Crippen molar-refractivity contribution in [2.75, 3.05) is 0 Å². The first-order valence-electron chi connectivity index (χ1n) is 3.24. The summed E-state index contributed by atoms with van der Waals surface area (Å²) in [5.74, 6) is -0.595. The van der Waals surface area contributed by atoms with Crippen LogP contribution in [0.1, 0.15) is 11.5 Å². The molecule has 1 rings (SSSR count). The quantitative estimate of drug-likeness (QED) is 0.593. The van der Waals surface area contributed by atoms with E-state index >= 15 is 0 Å². The number of hydrogen-bond donors (Lipinski definition) is 1. The monoisotopic (exact) mass is 202 g/mol. The first-order valence-corrected chi connectivity index (χ1v) is 3.69. The molecule has 0 aliphatic heterocycles. The van der Waals surface area contributed by atoms with Gasteiger partial charge in [-0.15, -0.1) is 0 Å². The summed E-state index contributed by atoms with van der Waals surface area (Å²) in [5.41, 5.74) is 0. The van der Waals surface area contributed by atoms with Crippen LogP contribution < -0.4 is 5.82 Å². The summed E-state index contributed by atoms with van der Waals surface area (Å²) in [6, 6.07) is 0. The molecular weight excluding hydrogens is 196 g/mol. The normalized spacial score (nSPS) is 9.62. The SMILES string of the molecule is C=Cc1oc(=O)oc1COC(=O)S. The van der Waals surface area contributed by atoms with Crippen molar-refractivity contribution >= 4 is 24.0 Å². The minimum absolute atomic E-state index is 0.113.